The van der Waals surface area contributed by atoms with E-state index in [1.807, 2.05) is 36.7 Å². The fraction of sp³-hybridized carbons (Fsp3) is 0.129. The van der Waals surface area contributed by atoms with Crippen LogP contribution in [0.25, 0.3) is 39.0 Å². The molecule has 0 saturated heterocycles. The molecule has 0 radical (unpaired) electrons. The third-order valence-electron chi connectivity index (χ3n) is 6.29. The lowest BCUT2D eigenvalue weighted by Gasteiger charge is -2.10. The van der Waals surface area contributed by atoms with Crippen LogP contribution < -0.4 is 5.32 Å². The molecule has 5 aromatic rings. The molecule has 0 aliphatic rings. The number of benzene rings is 1. The normalized spacial score (nSPS) is 11.6. The number of aromatic amines is 2. The Morgan fingerprint density at radius 2 is 1.97 bits per heavy atom. The number of hydrogen-bond donors (Lipinski definition) is 3. The minimum absolute atomic E-state index is 0.865. The zero-order valence-corrected chi connectivity index (χ0v) is 21.2. The number of nitrogens with one attached hydrogen (secondary N) is 3. The number of hydrogen-bond acceptors (Lipinski definition) is 4. The van der Waals surface area contributed by atoms with Crippen LogP contribution in [-0.2, 0) is 0 Å². The second kappa shape index (κ2) is 10.5. The predicted octanol–water partition coefficient (Wildman–Crippen LogP) is 7.67. The highest BCUT2D eigenvalue weighted by Gasteiger charge is 2.17. The van der Waals surface area contributed by atoms with Crippen LogP contribution in [-0.4, -0.2) is 25.1 Å². The molecule has 0 amide bonds. The van der Waals surface area contributed by atoms with Crippen molar-refractivity contribution in [2.75, 3.05) is 5.32 Å². The Hall–Kier alpha value is -4.71. The van der Waals surface area contributed by atoms with Gasteiger partial charge in [-0.25, -0.2) is 0 Å². The molecule has 6 nitrogen and oxygen atoms in total. The van der Waals surface area contributed by atoms with Crippen LogP contribution in [0.15, 0.2) is 98.1 Å². The number of H-pyrrole nitrogens is 2. The van der Waals surface area contributed by atoms with Crippen molar-refractivity contribution < 1.29 is 0 Å². The molecule has 0 bridgehead atoms. The number of allylic oxidation sites excluding steroid dienone is 3. The Kier molecular flexibility index (Phi) is 6.81. The highest BCUT2D eigenvalue weighted by molar-refractivity contribution is 5.96. The van der Waals surface area contributed by atoms with E-state index in [-0.39, 0.29) is 0 Å². The topological polar surface area (TPSA) is 82.3 Å². The van der Waals surface area contributed by atoms with Crippen LogP contribution in [0.1, 0.15) is 36.7 Å². The van der Waals surface area contributed by atoms with E-state index in [0.29, 0.717) is 0 Å². The molecule has 4 heterocycles. The molecule has 1 aromatic carbocycles. The highest BCUT2D eigenvalue weighted by Crippen LogP contribution is 2.34. The second-order valence-electron chi connectivity index (χ2n) is 9.03. The Labute approximate surface area is 216 Å². The fourth-order valence-corrected chi connectivity index (χ4v) is 4.55. The van der Waals surface area contributed by atoms with Gasteiger partial charge in [0.25, 0.3) is 0 Å². The average molecular weight is 487 g/mol. The van der Waals surface area contributed by atoms with E-state index >= 15 is 0 Å². The molecule has 37 heavy (non-hydrogen) atoms. The summed E-state index contributed by atoms with van der Waals surface area (Å²) in [4.78, 5) is 12.5. The molecule has 184 valence electrons. The number of anilines is 1. The predicted molar refractivity (Wildman–Crippen MR) is 153 cm³/mol. The van der Waals surface area contributed by atoms with Gasteiger partial charge in [-0.2, -0.15) is 5.10 Å². The molecule has 0 saturated carbocycles. The smallest absolute Gasteiger partial charge is 0.116 e. The largest absolute Gasteiger partial charge is 0.358 e. The Bertz CT molecular complexity index is 1600. The van der Waals surface area contributed by atoms with E-state index in [1.165, 1.54) is 0 Å². The highest BCUT2D eigenvalue weighted by atomic mass is 15.1. The zero-order valence-electron chi connectivity index (χ0n) is 21.2. The first-order valence-corrected chi connectivity index (χ1v) is 12.4. The van der Waals surface area contributed by atoms with Crippen molar-refractivity contribution in [1.29, 1.82) is 0 Å². The van der Waals surface area contributed by atoms with E-state index in [2.05, 4.69) is 87.8 Å². The number of aryl methyl sites for hydroxylation is 1. The summed E-state index contributed by atoms with van der Waals surface area (Å²) < 4.78 is 0. The Morgan fingerprint density at radius 1 is 1.08 bits per heavy atom. The van der Waals surface area contributed by atoms with E-state index < -0.39 is 0 Å². The lowest BCUT2D eigenvalue weighted by Crippen LogP contribution is -1.98. The number of nitrogens with zero attached hydrogens (tertiary/aromatic N) is 3. The third-order valence-corrected chi connectivity index (χ3v) is 6.29. The van der Waals surface area contributed by atoms with Crippen molar-refractivity contribution >= 4 is 22.2 Å². The Balaban J connectivity index is 1.52. The number of rotatable bonds is 9. The molecule has 0 atom stereocenters. The van der Waals surface area contributed by atoms with Gasteiger partial charge in [0.15, 0.2) is 0 Å². The van der Waals surface area contributed by atoms with Crippen molar-refractivity contribution in [2.45, 2.75) is 26.7 Å². The first kappa shape index (κ1) is 24.0. The average Bonchev–Trinajstić information content (AvgIpc) is 3.51. The monoisotopic (exact) mass is 486 g/mol. The molecule has 0 aliphatic carbocycles. The fourth-order valence-electron chi connectivity index (χ4n) is 4.55. The quantitative estimate of drug-likeness (QED) is 0.187. The van der Waals surface area contributed by atoms with Crippen molar-refractivity contribution in [3.63, 3.8) is 0 Å². The van der Waals surface area contributed by atoms with Crippen LogP contribution in [0.3, 0.4) is 0 Å². The number of fused-ring (bicyclic) bond motifs is 1. The maximum absolute atomic E-state index is 4.66. The van der Waals surface area contributed by atoms with Gasteiger partial charge in [0.2, 0.25) is 0 Å². The first-order chi connectivity index (χ1) is 18.1. The summed E-state index contributed by atoms with van der Waals surface area (Å²) in [5.74, 6) is 0. The van der Waals surface area contributed by atoms with Crippen molar-refractivity contribution in [3.05, 3.63) is 115 Å². The van der Waals surface area contributed by atoms with Crippen LogP contribution in [0.5, 0.6) is 0 Å². The van der Waals surface area contributed by atoms with E-state index in [0.717, 1.165) is 80.2 Å². The summed E-state index contributed by atoms with van der Waals surface area (Å²) in [5.41, 5.74) is 10.8. The van der Waals surface area contributed by atoms with Gasteiger partial charge in [-0.15, -0.1) is 0 Å². The minimum Gasteiger partial charge on any atom is -0.358 e. The molecule has 0 unspecified atom stereocenters. The lowest BCUT2D eigenvalue weighted by atomic mass is 10.0. The number of aromatic nitrogens is 5. The molecule has 0 fully saturated rings. The van der Waals surface area contributed by atoms with Gasteiger partial charge >= 0.3 is 0 Å². The molecule has 0 aliphatic heterocycles. The maximum Gasteiger partial charge on any atom is 0.116 e. The molecular weight excluding hydrogens is 456 g/mol. The van der Waals surface area contributed by atoms with Gasteiger partial charge < -0.3 is 10.3 Å². The molecule has 6 heteroatoms. The summed E-state index contributed by atoms with van der Waals surface area (Å²) in [5, 5.41) is 12.2. The van der Waals surface area contributed by atoms with Gasteiger partial charge in [-0.1, -0.05) is 50.8 Å². The van der Waals surface area contributed by atoms with Crippen LogP contribution in [0, 0.1) is 6.92 Å². The standard InChI is InChI=1S/C31H30N6/c1-5-9-20(3)34-24-15-23(18-32-19-24)22-12-13-29-27(16-22)31(37-36-29)30-17-26(21(4)35-30)25(10-6-2)28-11-7-8-14-33-28/h6-8,10-19,34-35H,2-3,5,9H2,1,4H3,(H,36,37)/b25-10+. The van der Waals surface area contributed by atoms with Crippen molar-refractivity contribution in [3.8, 4) is 22.5 Å². The van der Waals surface area contributed by atoms with Crippen LogP contribution >= 0.6 is 0 Å². The van der Waals surface area contributed by atoms with Gasteiger partial charge in [-0.05, 0) is 55.3 Å². The van der Waals surface area contributed by atoms with Gasteiger partial charge in [-0.3, -0.25) is 15.1 Å². The molecule has 5 rings (SSSR count). The van der Waals surface area contributed by atoms with E-state index in [9.17, 15) is 0 Å². The minimum atomic E-state index is 0.865. The molecule has 0 spiro atoms. The van der Waals surface area contributed by atoms with Gasteiger partial charge in [0.05, 0.1) is 28.8 Å². The lowest BCUT2D eigenvalue weighted by molar-refractivity contribution is 0.913. The number of pyridine rings is 2. The zero-order chi connectivity index (χ0) is 25.8. The summed E-state index contributed by atoms with van der Waals surface area (Å²) in [7, 11) is 0. The van der Waals surface area contributed by atoms with E-state index in [1.54, 1.807) is 12.3 Å². The summed E-state index contributed by atoms with van der Waals surface area (Å²) in [6.45, 7) is 12.2. The SMILES string of the molecule is C=C/C=C(/c1ccccn1)c1cc(-c2n[nH]c3ccc(-c4cncc(NC(=C)CCC)c4)cc23)[nH]c1C. The molecular formula is C31H30N6. The van der Waals surface area contributed by atoms with Crippen molar-refractivity contribution in [1.82, 2.24) is 25.1 Å². The summed E-state index contributed by atoms with van der Waals surface area (Å²) in [6.07, 6.45) is 11.3. The molecule has 3 N–H and O–H groups in total. The first-order valence-electron chi connectivity index (χ1n) is 12.4. The van der Waals surface area contributed by atoms with Gasteiger partial charge in [0, 0.05) is 45.9 Å². The second-order valence-corrected chi connectivity index (χ2v) is 9.03. The summed E-state index contributed by atoms with van der Waals surface area (Å²) >= 11 is 0. The summed E-state index contributed by atoms with van der Waals surface area (Å²) in [6, 6.07) is 16.5. The third kappa shape index (κ3) is 5.00. The van der Waals surface area contributed by atoms with E-state index in [4.69, 9.17) is 0 Å². The van der Waals surface area contributed by atoms with Crippen LogP contribution in [0.4, 0.5) is 5.69 Å². The maximum atomic E-state index is 4.66. The van der Waals surface area contributed by atoms with Crippen molar-refractivity contribution in [2.24, 2.45) is 0 Å². The van der Waals surface area contributed by atoms with Crippen LogP contribution in [0.2, 0.25) is 0 Å². The molecule has 4 aromatic heterocycles. The van der Waals surface area contributed by atoms with Gasteiger partial charge in [0.1, 0.15) is 5.69 Å². The Morgan fingerprint density at radius 3 is 2.76 bits per heavy atom.